The van der Waals surface area contributed by atoms with E-state index in [4.69, 9.17) is 5.84 Å². The van der Waals surface area contributed by atoms with Gasteiger partial charge in [-0.05, 0) is 6.07 Å². The van der Waals surface area contributed by atoms with E-state index < -0.39 is 0 Å². The number of aromatic nitrogens is 2. The summed E-state index contributed by atoms with van der Waals surface area (Å²) >= 11 is 0. The Morgan fingerprint density at radius 1 is 1.75 bits per heavy atom. The van der Waals surface area contributed by atoms with Gasteiger partial charge in [-0.1, -0.05) is 0 Å². The molecule has 0 amide bonds. The first-order valence-corrected chi connectivity index (χ1v) is 2.10. The van der Waals surface area contributed by atoms with Crippen molar-refractivity contribution in [1.29, 1.82) is 0 Å². The molecular formula is C4H5N3O. The third kappa shape index (κ3) is 0.676. The number of nitrogens with two attached hydrogens (primary N) is 1. The Hall–Kier alpha value is -1.32. The van der Waals surface area contributed by atoms with E-state index in [2.05, 4.69) is 5.10 Å². The summed E-state index contributed by atoms with van der Waals surface area (Å²) in [6, 6.07) is 2.87. The van der Waals surface area contributed by atoms with Crippen LogP contribution in [0.2, 0.25) is 0 Å². The van der Waals surface area contributed by atoms with Gasteiger partial charge in [0.25, 0.3) is 5.56 Å². The molecular weight excluding hydrogens is 106 g/mol. The fourth-order valence-corrected chi connectivity index (χ4v) is 0.369. The summed E-state index contributed by atoms with van der Waals surface area (Å²) in [4.78, 5) is 11.2. The normalized spacial score (nSPS) is 9.00. The van der Waals surface area contributed by atoms with Crippen LogP contribution in [0.1, 0.15) is 0 Å². The minimum absolute atomic E-state index is 0.299. The topological polar surface area (TPSA) is 60.9 Å². The third-order valence-corrected chi connectivity index (χ3v) is 0.742. The molecule has 0 radical (unpaired) electrons. The lowest BCUT2D eigenvalue weighted by Crippen LogP contribution is -2.27. The molecule has 1 rings (SSSR count). The van der Waals surface area contributed by atoms with E-state index in [1.807, 2.05) is 0 Å². The second-order valence-corrected chi connectivity index (χ2v) is 1.31. The highest BCUT2D eigenvalue weighted by atomic mass is 16.1. The Kier molecular flexibility index (Phi) is 0.997. The minimum Gasteiger partial charge on any atom is -0.320 e. The van der Waals surface area contributed by atoms with Gasteiger partial charge in [-0.2, -0.15) is 5.10 Å². The van der Waals surface area contributed by atoms with E-state index in [1.165, 1.54) is 18.3 Å². The van der Waals surface area contributed by atoms with Crippen LogP contribution < -0.4 is 11.4 Å². The van der Waals surface area contributed by atoms with Gasteiger partial charge >= 0.3 is 0 Å². The molecule has 0 bridgehead atoms. The highest BCUT2D eigenvalue weighted by Crippen LogP contribution is 1.63. The molecule has 0 atom stereocenters. The van der Waals surface area contributed by atoms with Crippen LogP contribution in [0.4, 0.5) is 0 Å². The standard InChI is InChI=1S/C4H5N3O/c5-7-4(8)2-1-3-6-7/h1-3H,5H2. The first-order chi connectivity index (χ1) is 3.80. The van der Waals surface area contributed by atoms with Crippen LogP contribution in [0.25, 0.3) is 0 Å². The second-order valence-electron chi connectivity index (χ2n) is 1.31. The molecule has 0 unspecified atom stereocenters. The van der Waals surface area contributed by atoms with Gasteiger partial charge in [0.15, 0.2) is 0 Å². The summed E-state index contributed by atoms with van der Waals surface area (Å²) < 4.78 is 0. The largest absolute Gasteiger partial charge is 0.320 e. The quantitative estimate of drug-likeness (QED) is 0.435. The van der Waals surface area contributed by atoms with E-state index >= 15 is 0 Å². The van der Waals surface area contributed by atoms with Gasteiger partial charge in [-0.3, -0.25) is 4.79 Å². The summed E-state index contributed by atoms with van der Waals surface area (Å²) in [6.07, 6.45) is 1.45. The monoisotopic (exact) mass is 111 g/mol. The van der Waals surface area contributed by atoms with E-state index in [0.29, 0.717) is 0 Å². The average molecular weight is 111 g/mol. The molecule has 1 aromatic rings. The van der Waals surface area contributed by atoms with Gasteiger partial charge in [-0.15, -0.1) is 4.79 Å². The average Bonchev–Trinajstić information content (AvgIpc) is 1.77. The fraction of sp³-hybridized carbons (Fsp3) is 0. The molecule has 0 fully saturated rings. The lowest BCUT2D eigenvalue weighted by Gasteiger charge is -1.88. The first kappa shape index (κ1) is 4.83. The van der Waals surface area contributed by atoms with Gasteiger partial charge in [0.1, 0.15) is 0 Å². The Morgan fingerprint density at radius 3 is 2.88 bits per heavy atom. The van der Waals surface area contributed by atoms with Crippen LogP contribution in [-0.2, 0) is 0 Å². The maximum Gasteiger partial charge on any atom is 0.285 e. The van der Waals surface area contributed by atoms with Crippen LogP contribution in [0.15, 0.2) is 23.1 Å². The highest BCUT2D eigenvalue weighted by molar-refractivity contribution is 4.83. The minimum atomic E-state index is -0.299. The second kappa shape index (κ2) is 1.65. The molecule has 8 heavy (non-hydrogen) atoms. The highest BCUT2D eigenvalue weighted by Gasteiger charge is 1.81. The van der Waals surface area contributed by atoms with Crippen molar-refractivity contribution in [3.63, 3.8) is 0 Å². The Morgan fingerprint density at radius 2 is 2.50 bits per heavy atom. The fourth-order valence-electron chi connectivity index (χ4n) is 0.369. The molecule has 0 aliphatic heterocycles. The Labute approximate surface area is 45.5 Å². The van der Waals surface area contributed by atoms with E-state index in [1.54, 1.807) is 0 Å². The number of nitrogens with zero attached hydrogens (tertiary/aromatic N) is 2. The third-order valence-electron chi connectivity index (χ3n) is 0.742. The summed E-state index contributed by atoms with van der Waals surface area (Å²) in [5.74, 6) is 5.01. The zero-order valence-electron chi connectivity index (χ0n) is 4.11. The summed E-state index contributed by atoms with van der Waals surface area (Å²) in [5.41, 5.74) is -0.299. The molecule has 0 aliphatic carbocycles. The summed E-state index contributed by atoms with van der Waals surface area (Å²) in [7, 11) is 0. The van der Waals surface area contributed by atoms with Gasteiger partial charge < -0.3 is 5.84 Å². The molecule has 0 aliphatic rings. The zero-order chi connectivity index (χ0) is 5.98. The molecule has 4 nitrogen and oxygen atoms in total. The number of nitrogen functional groups attached to an aromatic ring is 1. The van der Waals surface area contributed by atoms with Crippen molar-refractivity contribution in [2.75, 3.05) is 5.84 Å². The van der Waals surface area contributed by atoms with Gasteiger partial charge in [0.2, 0.25) is 0 Å². The maximum absolute atomic E-state index is 10.4. The Bertz CT molecular complexity index is 229. The van der Waals surface area contributed by atoms with Gasteiger partial charge in [-0.25, -0.2) is 0 Å². The van der Waals surface area contributed by atoms with Crippen LogP contribution in [0.5, 0.6) is 0 Å². The number of rotatable bonds is 0. The lowest BCUT2D eigenvalue weighted by molar-refractivity contribution is 0.763. The number of hydrogen-bond donors (Lipinski definition) is 1. The van der Waals surface area contributed by atoms with Gasteiger partial charge in [0.05, 0.1) is 0 Å². The molecule has 1 heterocycles. The first-order valence-electron chi connectivity index (χ1n) is 2.10. The van der Waals surface area contributed by atoms with Crippen molar-refractivity contribution in [3.05, 3.63) is 28.7 Å². The molecule has 0 saturated heterocycles. The van der Waals surface area contributed by atoms with Crippen molar-refractivity contribution >= 4 is 0 Å². The van der Waals surface area contributed by atoms with Crippen molar-refractivity contribution < 1.29 is 0 Å². The van der Waals surface area contributed by atoms with Crippen molar-refractivity contribution in [3.8, 4) is 0 Å². The molecule has 0 aromatic carbocycles. The van der Waals surface area contributed by atoms with Crippen LogP contribution in [0.3, 0.4) is 0 Å². The molecule has 0 saturated carbocycles. The molecule has 1 aromatic heterocycles. The van der Waals surface area contributed by atoms with Crippen LogP contribution >= 0.6 is 0 Å². The maximum atomic E-state index is 10.4. The SMILES string of the molecule is Nn1ncccc1=O. The van der Waals surface area contributed by atoms with E-state index in [-0.39, 0.29) is 5.56 Å². The predicted octanol–water partition coefficient (Wildman–Crippen LogP) is -1.04. The predicted molar refractivity (Wildman–Crippen MR) is 28.6 cm³/mol. The molecule has 4 heteroatoms. The summed E-state index contributed by atoms with van der Waals surface area (Å²) in [5, 5.41) is 3.46. The van der Waals surface area contributed by atoms with Crippen LogP contribution in [-0.4, -0.2) is 9.89 Å². The van der Waals surface area contributed by atoms with Crippen molar-refractivity contribution in [2.45, 2.75) is 0 Å². The molecule has 0 spiro atoms. The Balaban J connectivity index is 3.35. The molecule has 2 N–H and O–H groups in total. The summed E-state index contributed by atoms with van der Waals surface area (Å²) in [6.45, 7) is 0. The smallest absolute Gasteiger partial charge is 0.285 e. The number of hydrogen-bond acceptors (Lipinski definition) is 3. The lowest BCUT2D eigenvalue weighted by atomic mass is 10.6. The van der Waals surface area contributed by atoms with Crippen molar-refractivity contribution in [2.24, 2.45) is 0 Å². The molecule has 42 valence electrons. The van der Waals surface area contributed by atoms with Gasteiger partial charge in [0, 0.05) is 12.3 Å². The van der Waals surface area contributed by atoms with Crippen LogP contribution in [0, 0.1) is 0 Å². The van der Waals surface area contributed by atoms with Crippen molar-refractivity contribution in [1.82, 2.24) is 9.89 Å². The zero-order valence-corrected chi connectivity index (χ0v) is 4.11. The van der Waals surface area contributed by atoms with E-state index in [9.17, 15) is 4.79 Å². The van der Waals surface area contributed by atoms with E-state index in [0.717, 1.165) is 4.79 Å².